The van der Waals surface area contributed by atoms with E-state index in [-0.39, 0.29) is 11.8 Å². The number of hydrogen-bond acceptors (Lipinski definition) is 5. The SMILES string of the molecule is CC(=O)Nc1ccc(/C=C/C(=O)Nc2nnc(C3CC3)s2)cc1. The topological polar surface area (TPSA) is 84.0 Å². The van der Waals surface area contributed by atoms with Gasteiger partial charge in [-0.2, -0.15) is 0 Å². The standard InChI is InChI=1S/C16H16N4O2S/c1-10(21)17-13-7-2-11(3-8-13)4-9-14(22)18-16-20-19-15(23-16)12-5-6-12/h2-4,7-9,12H,5-6H2,1H3,(H,17,21)(H,18,20,22)/b9-4+. The van der Waals surface area contributed by atoms with Crippen molar-refractivity contribution in [2.75, 3.05) is 10.6 Å². The summed E-state index contributed by atoms with van der Waals surface area (Å²) in [5, 5.41) is 15.0. The number of amides is 2. The molecule has 0 saturated heterocycles. The van der Waals surface area contributed by atoms with Crippen LogP contribution in [0.5, 0.6) is 0 Å². The summed E-state index contributed by atoms with van der Waals surface area (Å²) in [5.74, 6) is 0.181. The first-order valence-electron chi connectivity index (χ1n) is 7.30. The second-order valence-electron chi connectivity index (χ2n) is 5.35. The largest absolute Gasteiger partial charge is 0.326 e. The second kappa shape index (κ2) is 6.70. The Kier molecular flexibility index (Phi) is 4.47. The van der Waals surface area contributed by atoms with Gasteiger partial charge in [0.1, 0.15) is 5.01 Å². The molecule has 0 radical (unpaired) electrons. The lowest BCUT2D eigenvalue weighted by Gasteiger charge is -2.01. The summed E-state index contributed by atoms with van der Waals surface area (Å²) in [4.78, 5) is 22.8. The molecule has 3 rings (SSSR count). The summed E-state index contributed by atoms with van der Waals surface area (Å²) in [6.07, 6.45) is 5.48. The van der Waals surface area contributed by atoms with E-state index in [4.69, 9.17) is 0 Å². The summed E-state index contributed by atoms with van der Waals surface area (Å²) in [7, 11) is 0. The van der Waals surface area contributed by atoms with Crippen molar-refractivity contribution in [1.29, 1.82) is 0 Å². The Labute approximate surface area is 137 Å². The van der Waals surface area contributed by atoms with Gasteiger partial charge in [-0.1, -0.05) is 23.5 Å². The van der Waals surface area contributed by atoms with E-state index in [0.717, 1.165) is 29.1 Å². The van der Waals surface area contributed by atoms with Gasteiger partial charge in [0.15, 0.2) is 0 Å². The average Bonchev–Trinajstić information content (AvgIpc) is 3.26. The molecule has 2 amide bonds. The molecular weight excluding hydrogens is 312 g/mol. The smallest absolute Gasteiger partial charge is 0.250 e. The van der Waals surface area contributed by atoms with Crippen molar-refractivity contribution in [2.45, 2.75) is 25.7 Å². The van der Waals surface area contributed by atoms with Crippen molar-refractivity contribution < 1.29 is 9.59 Å². The Hall–Kier alpha value is -2.54. The zero-order valence-corrected chi connectivity index (χ0v) is 13.4. The number of anilines is 2. The lowest BCUT2D eigenvalue weighted by atomic mass is 10.2. The second-order valence-corrected chi connectivity index (χ2v) is 6.35. The van der Waals surface area contributed by atoms with Crippen LogP contribution in [0.15, 0.2) is 30.3 Å². The van der Waals surface area contributed by atoms with E-state index in [1.165, 1.54) is 24.3 Å². The molecule has 2 aromatic rings. The first-order valence-corrected chi connectivity index (χ1v) is 8.12. The third-order valence-corrected chi connectivity index (χ3v) is 4.26. The summed E-state index contributed by atoms with van der Waals surface area (Å²) in [5.41, 5.74) is 1.59. The maximum Gasteiger partial charge on any atom is 0.250 e. The van der Waals surface area contributed by atoms with E-state index in [2.05, 4.69) is 20.8 Å². The van der Waals surface area contributed by atoms with Gasteiger partial charge in [-0.05, 0) is 36.6 Å². The summed E-state index contributed by atoms with van der Waals surface area (Å²) < 4.78 is 0. The lowest BCUT2D eigenvalue weighted by Crippen LogP contribution is -2.07. The van der Waals surface area contributed by atoms with Crippen LogP contribution in [0, 0.1) is 0 Å². The highest BCUT2D eigenvalue weighted by Crippen LogP contribution is 2.41. The highest BCUT2D eigenvalue weighted by Gasteiger charge is 2.27. The quantitative estimate of drug-likeness (QED) is 0.826. The first kappa shape index (κ1) is 15.4. The normalized spacial score (nSPS) is 14.0. The fourth-order valence-electron chi connectivity index (χ4n) is 1.98. The average molecular weight is 328 g/mol. The minimum atomic E-state index is -0.241. The number of rotatable bonds is 5. The molecule has 0 aliphatic heterocycles. The molecule has 2 N–H and O–H groups in total. The van der Waals surface area contributed by atoms with Crippen LogP contribution >= 0.6 is 11.3 Å². The molecule has 1 saturated carbocycles. The summed E-state index contributed by atoms with van der Waals surface area (Å²) >= 11 is 1.43. The number of hydrogen-bond donors (Lipinski definition) is 2. The summed E-state index contributed by atoms with van der Waals surface area (Å²) in [6, 6.07) is 7.22. The number of aromatic nitrogens is 2. The molecule has 1 aliphatic carbocycles. The van der Waals surface area contributed by atoms with Crippen molar-refractivity contribution in [3.05, 3.63) is 40.9 Å². The molecule has 1 aromatic heterocycles. The Bertz CT molecular complexity index is 748. The molecule has 118 valence electrons. The van der Waals surface area contributed by atoms with Gasteiger partial charge >= 0.3 is 0 Å². The molecule has 1 fully saturated rings. The van der Waals surface area contributed by atoms with E-state index < -0.39 is 0 Å². The van der Waals surface area contributed by atoms with Crippen LogP contribution < -0.4 is 10.6 Å². The Morgan fingerprint density at radius 3 is 2.57 bits per heavy atom. The van der Waals surface area contributed by atoms with Crippen molar-refractivity contribution >= 4 is 40.0 Å². The number of carbonyl (C=O) groups is 2. The maximum atomic E-state index is 11.9. The van der Waals surface area contributed by atoms with Gasteiger partial charge in [0.25, 0.3) is 0 Å². The molecule has 0 spiro atoms. The van der Waals surface area contributed by atoms with Gasteiger partial charge in [-0.25, -0.2) is 0 Å². The van der Waals surface area contributed by atoms with Gasteiger partial charge in [0, 0.05) is 24.6 Å². The predicted octanol–water partition coefficient (Wildman–Crippen LogP) is 3.03. The zero-order valence-electron chi connectivity index (χ0n) is 12.6. The monoisotopic (exact) mass is 328 g/mol. The van der Waals surface area contributed by atoms with E-state index in [1.54, 1.807) is 18.2 Å². The van der Waals surface area contributed by atoms with Crippen molar-refractivity contribution in [3.63, 3.8) is 0 Å². The highest BCUT2D eigenvalue weighted by atomic mass is 32.1. The zero-order chi connectivity index (χ0) is 16.2. The number of carbonyl (C=O) groups excluding carboxylic acids is 2. The number of benzene rings is 1. The fourth-order valence-corrected chi connectivity index (χ4v) is 2.90. The highest BCUT2D eigenvalue weighted by molar-refractivity contribution is 7.15. The van der Waals surface area contributed by atoms with Gasteiger partial charge < -0.3 is 5.32 Å². The minimum absolute atomic E-state index is 0.115. The molecule has 1 heterocycles. The van der Waals surface area contributed by atoms with Crippen LogP contribution in [0.4, 0.5) is 10.8 Å². The van der Waals surface area contributed by atoms with Crippen LogP contribution in [0.3, 0.4) is 0 Å². The Balaban J connectivity index is 1.55. The van der Waals surface area contributed by atoms with Crippen LogP contribution in [0.2, 0.25) is 0 Å². The lowest BCUT2D eigenvalue weighted by molar-refractivity contribution is -0.114. The molecule has 23 heavy (non-hydrogen) atoms. The van der Waals surface area contributed by atoms with Crippen molar-refractivity contribution in [2.24, 2.45) is 0 Å². The summed E-state index contributed by atoms with van der Waals surface area (Å²) in [6.45, 7) is 1.46. The van der Waals surface area contributed by atoms with E-state index in [0.29, 0.717) is 11.0 Å². The minimum Gasteiger partial charge on any atom is -0.326 e. The van der Waals surface area contributed by atoms with Gasteiger partial charge in [0.05, 0.1) is 0 Å². The number of nitrogens with one attached hydrogen (secondary N) is 2. The van der Waals surface area contributed by atoms with Crippen LogP contribution in [-0.4, -0.2) is 22.0 Å². The van der Waals surface area contributed by atoms with Crippen LogP contribution in [-0.2, 0) is 9.59 Å². The Morgan fingerprint density at radius 1 is 1.17 bits per heavy atom. The molecule has 1 aliphatic rings. The van der Waals surface area contributed by atoms with Crippen molar-refractivity contribution in [1.82, 2.24) is 10.2 Å². The third kappa shape index (κ3) is 4.46. The maximum absolute atomic E-state index is 11.9. The molecule has 6 nitrogen and oxygen atoms in total. The van der Waals surface area contributed by atoms with E-state index in [1.807, 2.05) is 12.1 Å². The molecule has 7 heteroatoms. The Morgan fingerprint density at radius 2 is 1.91 bits per heavy atom. The molecular formula is C16H16N4O2S. The van der Waals surface area contributed by atoms with Crippen LogP contribution in [0.25, 0.3) is 6.08 Å². The third-order valence-electron chi connectivity index (χ3n) is 3.26. The van der Waals surface area contributed by atoms with Crippen LogP contribution in [0.1, 0.15) is 36.3 Å². The van der Waals surface area contributed by atoms with Crippen molar-refractivity contribution in [3.8, 4) is 0 Å². The van der Waals surface area contributed by atoms with E-state index in [9.17, 15) is 9.59 Å². The first-order chi connectivity index (χ1) is 11.1. The van der Waals surface area contributed by atoms with Gasteiger partial charge in [-0.3, -0.25) is 14.9 Å². The van der Waals surface area contributed by atoms with Gasteiger partial charge in [-0.15, -0.1) is 10.2 Å². The molecule has 1 aromatic carbocycles. The molecule has 0 bridgehead atoms. The number of nitrogens with zero attached hydrogens (tertiary/aromatic N) is 2. The molecule has 0 unspecified atom stereocenters. The fraction of sp³-hybridized carbons (Fsp3) is 0.250. The van der Waals surface area contributed by atoms with E-state index >= 15 is 0 Å². The van der Waals surface area contributed by atoms with Gasteiger partial charge in [0.2, 0.25) is 16.9 Å². The predicted molar refractivity (Wildman–Crippen MR) is 90.3 cm³/mol. The molecule has 0 atom stereocenters.